The molecule has 0 spiro atoms. The highest BCUT2D eigenvalue weighted by Gasteiger charge is 2.31. The minimum Gasteiger partial charge on any atom is -0.383 e. The van der Waals surface area contributed by atoms with Crippen LogP contribution in [0, 0.1) is 0 Å². The van der Waals surface area contributed by atoms with Crippen molar-refractivity contribution in [3.05, 3.63) is 10.6 Å². The van der Waals surface area contributed by atoms with Gasteiger partial charge in [0.15, 0.2) is 5.13 Å². The van der Waals surface area contributed by atoms with Crippen LogP contribution in [0.2, 0.25) is 0 Å². The Morgan fingerprint density at radius 2 is 2.14 bits per heavy atom. The third-order valence-electron chi connectivity index (χ3n) is 4.15. The van der Waals surface area contributed by atoms with Crippen LogP contribution in [0.25, 0.3) is 0 Å². The highest BCUT2D eigenvalue weighted by molar-refractivity contribution is 7.15. The largest absolute Gasteiger partial charge is 0.383 e. The van der Waals surface area contributed by atoms with E-state index in [-0.39, 0.29) is 0 Å². The molecular formula is C16H27N3OS. The highest BCUT2D eigenvalue weighted by atomic mass is 32.1. The molecular weight excluding hydrogens is 282 g/mol. The Hall–Kier alpha value is -0.650. The molecule has 0 unspecified atom stereocenters. The van der Waals surface area contributed by atoms with Gasteiger partial charge in [-0.15, -0.1) is 11.3 Å². The first-order chi connectivity index (χ1) is 10.3. The summed E-state index contributed by atoms with van der Waals surface area (Å²) in [6.07, 6.45) is 7.57. The van der Waals surface area contributed by atoms with Gasteiger partial charge in [0.1, 0.15) is 0 Å². The number of methoxy groups -OCH3 is 1. The van der Waals surface area contributed by atoms with Crippen molar-refractivity contribution in [2.75, 3.05) is 25.2 Å². The standard InChI is InChI=1S/C16H27N3OS/c1-3-4-14-15(11-17-12-5-6-12)21-16(18-14)19(9-10-20-2)13-7-8-13/h12-13,17H,3-11H2,1-2H3. The van der Waals surface area contributed by atoms with Gasteiger partial charge in [-0.25, -0.2) is 4.98 Å². The lowest BCUT2D eigenvalue weighted by Crippen LogP contribution is -2.29. The van der Waals surface area contributed by atoms with Crippen molar-refractivity contribution in [2.24, 2.45) is 0 Å². The molecule has 1 aromatic rings. The zero-order valence-corrected chi connectivity index (χ0v) is 14.0. The van der Waals surface area contributed by atoms with Crippen molar-refractivity contribution in [1.29, 1.82) is 0 Å². The molecule has 0 aliphatic heterocycles. The van der Waals surface area contributed by atoms with E-state index in [2.05, 4.69) is 17.1 Å². The van der Waals surface area contributed by atoms with Crippen LogP contribution >= 0.6 is 11.3 Å². The number of nitrogens with zero attached hydrogens (tertiary/aromatic N) is 2. The van der Waals surface area contributed by atoms with Crippen molar-refractivity contribution >= 4 is 16.5 Å². The number of thiazole rings is 1. The molecule has 1 aromatic heterocycles. The summed E-state index contributed by atoms with van der Waals surface area (Å²) in [5, 5.41) is 4.85. The summed E-state index contributed by atoms with van der Waals surface area (Å²) < 4.78 is 5.27. The molecule has 0 radical (unpaired) electrons. The highest BCUT2D eigenvalue weighted by Crippen LogP contribution is 2.36. The summed E-state index contributed by atoms with van der Waals surface area (Å²) in [7, 11) is 1.78. The third kappa shape index (κ3) is 4.18. The van der Waals surface area contributed by atoms with E-state index in [0.717, 1.165) is 32.2 Å². The quantitative estimate of drug-likeness (QED) is 0.721. The third-order valence-corrected chi connectivity index (χ3v) is 5.29. The van der Waals surface area contributed by atoms with E-state index in [1.54, 1.807) is 7.11 Å². The number of nitrogens with one attached hydrogen (secondary N) is 1. The van der Waals surface area contributed by atoms with Gasteiger partial charge in [0.25, 0.3) is 0 Å². The van der Waals surface area contributed by atoms with Gasteiger partial charge in [-0.3, -0.25) is 0 Å². The second-order valence-corrected chi connectivity index (χ2v) is 7.25. The van der Waals surface area contributed by atoms with Crippen molar-refractivity contribution < 1.29 is 4.74 Å². The molecule has 1 N–H and O–H groups in total. The molecule has 2 aliphatic carbocycles. The molecule has 2 saturated carbocycles. The molecule has 5 heteroatoms. The summed E-state index contributed by atoms with van der Waals surface area (Å²) >= 11 is 1.89. The van der Waals surface area contributed by atoms with Crippen LogP contribution in [0.15, 0.2) is 0 Å². The zero-order valence-electron chi connectivity index (χ0n) is 13.2. The maximum Gasteiger partial charge on any atom is 0.186 e. The van der Waals surface area contributed by atoms with E-state index in [1.807, 2.05) is 11.3 Å². The molecule has 1 heterocycles. The van der Waals surface area contributed by atoms with Gasteiger partial charge in [-0.05, 0) is 32.1 Å². The Bertz CT molecular complexity index is 454. The van der Waals surface area contributed by atoms with Gasteiger partial charge < -0.3 is 15.0 Å². The minimum absolute atomic E-state index is 0.699. The molecule has 21 heavy (non-hydrogen) atoms. The molecule has 2 fully saturated rings. The molecule has 0 atom stereocenters. The lowest BCUT2D eigenvalue weighted by atomic mass is 10.2. The van der Waals surface area contributed by atoms with Crippen molar-refractivity contribution in [2.45, 2.75) is 64.1 Å². The second kappa shape index (κ2) is 7.07. The molecule has 118 valence electrons. The number of rotatable bonds is 10. The first kappa shape index (κ1) is 15.3. The smallest absolute Gasteiger partial charge is 0.186 e. The molecule has 2 aliphatic rings. The van der Waals surface area contributed by atoms with Crippen LogP contribution in [-0.4, -0.2) is 37.3 Å². The Kier molecular flexibility index (Phi) is 5.14. The SMILES string of the molecule is CCCc1nc(N(CCOC)C2CC2)sc1CNC1CC1. The fourth-order valence-corrected chi connectivity index (χ4v) is 3.75. The van der Waals surface area contributed by atoms with Crippen molar-refractivity contribution in [1.82, 2.24) is 10.3 Å². The first-order valence-corrected chi connectivity index (χ1v) is 9.11. The number of hydrogen-bond acceptors (Lipinski definition) is 5. The molecule has 0 aromatic carbocycles. The Morgan fingerprint density at radius 3 is 2.76 bits per heavy atom. The van der Waals surface area contributed by atoms with Crippen LogP contribution in [0.3, 0.4) is 0 Å². The Morgan fingerprint density at radius 1 is 1.33 bits per heavy atom. The van der Waals surface area contributed by atoms with Crippen LogP contribution in [0.5, 0.6) is 0 Å². The van der Waals surface area contributed by atoms with Crippen LogP contribution in [0.4, 0.5) is 5.13 Å². The van der Waals surface area contributed by atoms with E-state index >= 15 is 0 Å². The Labute approximate surface area is 131 Å². The average Bonchev–Trinajstić information content (AvgIpc) is 3.38. The van der Waals surface area contributed by atoms with E-state index in [1.165, 1.54) is 47.8 Å². The molecule has 0 amide bonds. The van der Waals surface area contributed by atoms with Gasteiger partial charge in [0.2, 0.25) is 0 Å². The van der Waals surface area contributed by atoms with E-state index in [9.17, 15) is 0 Å². The molecule has 3 rings (SSSR count). The van der Waals surface area contributed by atoms with E-state index in [4.69, 9.17) is 9.72 Å². The lowest BCUT2D eigenvalue weighted by Gasteiger charge is -2.20. The summed E-state index contributed by atoms with van der Waals surface area (Å²) in [6, 6.07) is 1.46. The van der Waals surface area contributed by atoms with Crippen LogP contribution < -0.4 is 10.2 Å². The topological polar surface area (TPSA) is 37.4 Å². The molecule has 4 nitrogen and oxygen atoms in total. The van der Waals surface area contributed by atoms with Crippen LogP contribution in [0.1, 0.15) is 49.6 Å². The van der Waals surface area contributed by atoms with E-state index in [0.29, 0.717) is 6.04 Å². The van der Waals surface area contributed by atoms with Gasteiger partial charge >= 0.3 is 0 Å². The molecule has 0 bridgehead atoms. The monoisotopic (exact) mass is 309 g/mol. The zero-order chi connectivity index (χ0) is 14.7. The average molecular weight is 309 g/mol. The molecule has 0 saturated heterocycles. The van der Waals surface area contributed by atoms with E-state index < -0.39 is 0 Å². The summed E-state index contributed by atoms with van der Waals surface area (Å²) in [5.74, 6) is 0. The Balaban J connectivity index is 1.71. The number of anilines is 1. The van der Waals surface area contributed by atoms with Crippen LogP contribution in [-0.2, 0) is 17.7 Å². The minimum atomic E-state index is 0.699. The van der Waals surface area contributed by atoms with Gasteiger partial charge in [-0.1, -0.05) is 13.3 Å². The second-order valence-electron chi connectivity index (χ2n) is 6.19. The maximum atomic E-state index is 5.27. The predicted molar refractivity (Wildman–Crippen MR) is 88.2 cm³/mol. The summed E-state index contributed by atoms with van der Waals surface area (Å²) in [4.78, 5) is 8.87. The predicted octanol–water partition coefficient (Wildman–Crippen LogP) is 2.96. The van der Waals surface area contributed by atoms with Gasteiger partial charge in [-0.2, -0.15) is 0 Å². The normalized spacial score (nSPS) is 18.2. The fraction of sp³-hybridized carbons (Fsp3) is 0.812. The summed E-state index contributed by atoms with van der Waals surface area (Å²) in [5.41, 5.74) is 1.31. The summed E-state index contributed by atoms with van der Waals surface area (Å²) in [6.45, 7) is 4.99. The fourth-order valence-electron chi connectivity index (χ4n) is 2.60. The van der Waals surface area contributed by atoms with Crippen molar-refractivity contribution in [3.63, 3.8) is 0 Å². The number of hydrogen-bond donors (Lipinski definition) is 1. The first-order valence-electron chi connectivity index (χ1n) is 8.29. The number of ether oxygens (including phenoxy) is 1. The number of aryl methyl sites for hydroxylation is 1. The maximum absolute atomic E-state index is 5.27. The van der Waals surface area contributed by atoms with Gasteiger partial charge in [0.05, 0.1) is 12.3 Å². The van der Waals surface area contributed by atoms with Gasteiger partial charge in [0, 0.05) is 37.2 Å². The number of aromatic nitrogens is 1. The van der Waals surface area contributed by atoms with Crippen molar-refractivity contribution in [3.8, 4) is 0 Å². The lowest BCUT2D eigenvalue weighted by molar-refractivity contribution is 0.205.